The summed E-state index contributed by atoms with van der Waals surface area (Å²) in [7, 11) is 0. The largest absolute Gasteiger partial charge is 0.478 e. The number of aromatic nitrogens is 2. The van der Waals surface area contributed by atoms with Gasteiger partial charge in [-0.25, -0.2) is 9.97 Å². The van der Waals surface area contributed by atoms with Crippen molar-refractivity contribution in [3.63, 3.8) is 0 Å². The molecule has 4 nitrogen and oxygen atoms in total. The number of halogens is 1. The quantitative estimate of drug-likeness (QED) is 0.748. The van der Waals surface area contributed by atoms with Crippen molar-refractivity contribution in [2.45, 2.75) is 32.1 Å². The lowest BCUT2D eigenvalue weighted by Gasteiger charge is -2.10. The minimum atomic E-state index is 0.135. The molecule has 0 bridgehead atoms. The molecular formula is C11H18ClN3O. The number of rotatable bonds is 7. The van der Waals surface area contributed by atoms with Crippen LogP contribution in [0.4, 0.5) is 5.82 Å². The monoisotopic (exact) mass is 243 g/mol. The summed E-state index contributed by atoms with van der Waals surface area (Å²) in [5.74, 6) is 1.34. The lowest BCUT2D eigenvalue weighted by Crippen LogP contribution is -2.14. The zero-order valence-corrected chi connectivity index (χ0v) is 10.5. The van der Waals surface area contributed by atoms with E-state index in [0.717, 1.165) is 18.7 Å². The van der Waals surface area contributed by atoms with Crippen molar-refractivity contribution in [3.8, 4) is 5.88 Å². The minimum absolute atomic E-state index is 0.135. The van der Waals surface area contributed by atoms with Crippen LogP contribution >= 0.6 is 11.6 Å². The van der Waals surface area contributed by atoms with Crippen LogP contribution in [-0.2, 0) is 0 Å². The Morgan fingerprint density at radius 1 is 1.44 bits per heavy atom. The summed E-state index contributed by atoms with van der Waals surface area (Å²) in [6, 6.07) is 1.78. The van der Waals surface area contributed by atoms with Crippen LogP contribution in [0.1, 0.15) is 26.7 Å². The van der Waals surface area contributed by atoms with Crippen molar-refractivity contribution in [2.75, 3.05) is 18.5 Å². The van der Waals surface area contributed by atoms with Gasteiger partial charge in [0.25, 0.3) is 0 Å². The zero-order chi connectivity index (χ0) is 11.8. The highest BCUT2D eigenvalue weighted by atomic mass is 35.5. The summed E-state index contributed by atoms with van der Waals surface area (Å²) in [4.78, 5) is 8.08. The van der Waals surface area contributed by atoms with Gasteiger partial charge in [0, 0.05) is 12.6 Å². The van der Waals surface area contributed by atoms with Gasteiger partial charge in [-0.15, -0.1) is 11.6 Å². The number of anilines is 1. The highest BCUT2D eigenvalue weighted by Crippen LogP contribution is 2.12. The molecule has 16 heavy (non-hydrogen) atoms. The van der Waals surface area contributed by atoms with Crippen LogP contribution < -0.4 is 10.1 Å². The van der Waals surface area contributed by atoms with Gasteiger partial charge < -0.3 is 10.1 Å². The molecule has 0 aliphatic carbocycles. The van der Waals surface area contributed by atoms with Crippen molar-refractivity contribution in [3.05, 3.63) is 12.4 Å². The summed E-state index contributed by atoms with van der Waals surface area (Å²) in [5, 5.41) is 3.30. The SMILES string of the molecule is CCCC(Cl)CNc1cc(OCC)ncn1. The van der Waals surface area contributed by atoms with E-state index in [1.165, 1.54) is 6.33 Å². The average Bonchev–Trinajstić information content (AvgIpc) is 2.28. The maximum Gasteiger partial charge on any atom is 0.218 e. The minimum Gasteiger partial charge on any atom is -0.478 e. The van der Waals surface area contributed by atoms with E-state index in [0.29, 0.717) is 19.0 Å². The van der Waals surface area contributed by atoms with Crippen LogP contribution in [-0.4, -0.2) is 28.5 Å². The molecule has 0 aromatic carbocycles. The van der Waals surface area contributed by atoms with Crippen LogP contribution in [0.5, 0.6) is 5.88 Å². The van der Waals surface area contributed by atoms with Gasteiger partial charge in [0.2, 0.25) is 5.88 Å². The smallest absolute Gasteiger partial charge is 0.218 e. The molecule has 90 valence electrons. The zero-order valence-electron chi connectivity index (χ0n) is 9.74. The molecule has 0 amide bonds. The molecule has 0 saturated heterocycles. The summed E-state index contributed by atoms with van der Waals surface area (Å²) >= 11 is 6.09. The van der Waals surface area contributed by atoms with E-state index >= 15 is 0 Å². The van der Waals surface area contributed by atoms with Gasteiger partial charge in [-0.1, -0.05) is 13.3 Å². The Morgan fingerprint density at radius 3 is 2.94 bits per heavy atom. The summed E-state index contributed by atoms with van der Waals surface area (Å²) < 4.78 is 5.28. The van der Waals surface area contributed by atoms with Gasteiger partial charge in [0.1, 0.15) is 12.1 Å². The number of nitrogens with zero attached hydrogens (tertiary/aromatic N) is 2. The highest BCUT2D eigenvalue weighted by Gasteiger charge is 2.04. The predicted molar refractivity (Wildman–Crippen MR) is 66.2 cm³/mol. The fraction of sp³-hybridized carbons (Fsp3) is 0.636. The molecule has 5 heteroatoms. The van der Waals surface area contributed by atoms with Crippen molar-refractivity contribution in [2.24, 2.45) is 0 Å². The maximum atomic E-state index is 6.09. The topological polar surface area (TPSA) is 47.0 Å². The predicted octanol–water partition coefficient (Wildman–Crippen LogP) is 2.69. The maximum absolute atomic E-state index is 6.09. The molecule has 1 rings (SSSR count). The van der Waals surface area contributed by atoms with Crippen molar-refractivity contribution in [1.82, 2.24) is 9.97 Å². The van der Waals surface area contributed by atoms with E-state index in [9.17, 15) is 0 Å². The first kappa shape index (κ1) is 13.0. The molecule has 0 aliphatic rings. The van der Waals surface area contributed by atoms with E-state index in [-0.39, 0.29) is 5.38 Å². The van der Waals surface area contributed by atoms with Crippen LogP contribution in [0, 0.1) is 0 Å². The lowest BCUT2D eigenvalue weighted by molar-refractivity contribution is 0.326. The second kappa shape index (κ2) is 7.28. The van der Waals surface area contributed by atoms with Crippen LogP contribution in [0.25, 0.3) is 0 Å². The molecule has 0 fully saturated rings. The Balaban J connectivity index is 2.44. The number of hydrogen-bond acceptors (Lipinski definition) is 4. The fourth-order valence-electron chi connectivity index (χ4n) is 1.29. The number of ether oxygens (including phenoxy) is 1. The Labute approximate surface area is 101 Å². The number of hydrogen-bond donors (Lipinski definition) is 1. The van der Waals surface area contributed by atoms with Crippen LogP contribution in [0.2, 0.25) is 0 Å². The highest BCUT2D eigenvalue weighted by molar-refractivity contribution is 6.20. The number of alkyl halides is 1. The van der Waals surface area contributed by atoms with Gasteiger partial charge in [-0.2, -0.15) is 0 Å². The normalized spacial score (nSPS) is 12.2. The summed E-state index contributed by atoms with van der Waals surface area (Å²) in [5.41, 5.74) is 0. The second-order valence-electron chi connectivity index (χ2n) is 3.44. The van der Waals surface area contributed by atoms with Crippen LogP contribution in [0.3, 0.4) is 0 Å². The first-order valence-corrected chi connectivity index (χ1v) is 6.02. The molecule has 0 spiro atoms. The molecule has 0 aliphatic heterocycles. The van der Waals surface area contributed by atoms with Gasteiger partial charge in [-0.05, 0) is 13.3 Å². The summed E-state index contributed by atoms with van der Waals surface area (Å²) in [6.45, 7) is 5.35. The Hall–Kier alpha value is -1.03. The first-order valence-electron chi connectivity index (χ1n) is 5.59. The fourth-order valence-corrected chi connectivity index (χ4v) is 1.59. The van der Waals surface area contributed by atoms with Gasteiger partial charge in [0.05, 0.1) is 12.0 Å². The van der Waals surface area contributed by atoms with Crippen molar-refractivity contribution in [1.29, 1.82) is 0 Å². The van der Waals surface area contributed by atoms with Crippen LogP contribution in [0.15, 0.2) is 12.4 Å². The van der Waals surface area contributed by atoms with E-state index < -0.39 is 0 Å². The second-order valence-corrected chi connectivity index (χ2v) is 4.06. The van der Waals surface area contributed by atoms with Gasteiger partial charge in [0.15, 0.2) is 0 Å². The molecule has 1 atom stereocenters. The Kier molecular flexibility index (Phi) is 5.93. The molecule has 0 saturated carbocycles. The Morgan fingerprint density at radius 2 is 2.25 bits per heavy atom. The van der Waals surface area contributed by atoms with Crippen molar-refractivity contribution >= 4 is 17.4 Å². The van der Waals surface area contributed by atoms with E-state index in [4.69, 9.17) is 16.3 Å². The van der Waals surface area contributed by atoms with Gasteiger partial charge >= 0.3 is 0 Å². The summed E-state index contributed by atoms with van der Waals surface area (Å²) in [6.07, 6.45) is 3.57. The van der Waals surface area contributed by atoms with Crippen molar-refractivity contribution < 1.29 is 4.74 Å². The molecule has 0 radical (unpaired) electrons. The van der Waals surface area contributed by atoms with E-state index in [1.54, 1.807) is 6.07 Å². The molecule has 1 aromatic rings. The average molecular weight is 244 g/mol. The molecule has 1 heterocycles. The third kappa shape index (κ3) is 4.66. The lowest BCUT2D eigenvalue weighted by atomic mass is 10.2. The number of nitrogens with one attached hydrogen (secondary N) is 1. The molecular weight excluding hydrogens is 226 g/mol. The first-order chi connectivity index (χ1) is 7.76. The van der Waals surface area contributed by atoms with Gasteiger partial charge in [-0.3, -0.25) is 0 Å². The standard InChI is InChI=1S/C11H18ClN3O/c1-3-5-9(12)7-13-10-6-11(16-4-2)15-8-14-10/h6,8-9H,3-5,7H2,1-2H3,(H,13,14,15). The Bertz CT molecular complexity index is 309. The third-order valence-electron chi connectivity index (χ3n) is 2.04. The molecule has 1 aromatic heterocycles. The molecule has 1 N–H and O–H groups in total. The molecule has 1 unspecified atom stereocenters. The van der Waals surface area contributed by atoms with E-state index in [1.807, 2.05) is 6.92 Å². The third-order valence-corrected chi connectivity index (χ3v) is 2.41. The van der Waals surface area contributed by atoms with E-state index in [2.05, 4.69) is 22.2 Å².